The minimum Gasteiger partial charge on any atom is -0.481 e. The van der Waals surface area contributed by atoms with E-state index in [0.717, 1.165) is 6.29 Å². The van der Waals surface area contributed by atoms with Gasteiger partial charge in [-0.2, -0.15) is 0 Å². The molecule has 130 valence electrons. The average molecular weight is 351 g/mol. The maximum absolute atomic E-state index is 12.6. The lowest BCUT2D eigenvalue weighted by Gasteiger charge is -2.31. The summed E-state index contributed by atoms with van der Waals surface area (Å²) in [6.07, 6.45) is 1.84. The fourth-order valence-corrected chi connectivity index (χ4v) is 2.84. The molecule has 0 aromatic carbocycles. The lowest BCUT2D eigenvalue weighted by molar-refractivity contribution is -0.104. The van der Waals surface area contributed by atoms with Gasteiger partial charge in [-0.05, 0) is 26.8 Å². The molecule has 24 heavy (non-hydrogen) atoms. The van der Waals surface area contributed by atoms with Gasteiger partial charge in [0.1, 0.15) is 5.60 Å². The Morgan fingerprint density at radius 3 is 2.79 bits per heavy atom. The molecule has 2 heterocycles. The maximum Gasteiger partial charge on any atom is 0.412 e. The molecule has 1 atom stereocenters. The number of rotatable bonds is 5. The van der Waals surface area contributed by atoms with Crippen molar-refractivity contribution in [1.82, 2.24) is 15.2 Å². The van der Waals surface area contributed by atoms with E-state index in [2.05, 4.69) is 10.3 Å². The van der Waals surface area contributed by atoms with Crippen molar-refractivity contribution in [3.63, 3.8) is 0 Å². The number of allylic oxidation sites excluding steroid dienone is 1. The van der Waals surface area contributed by atoms with Crippen molar-refractivity contribution in [2.75, 3.05) is 7.11 Å². The van der Waals surface area contributed by atoms with E-state index in [1.807, 2.05) is 0 Å². The average Bonchev–Trinajstić information content (AvgIpc) is 2.99. The highest BCUT2D eigenvalue weighted by molar-refractivity contribution is 8.04. The molecule has 0 aliphatic carbocycles. The van der Waals surface area contributed by atoms with Crippen molar-refractivity contribution in [3.05, 3.63) is 35.0 Å². The summed E-state index contributed by atoms with van der Waals surface area (Å²) in [7, 11) is 1.53. The number of thioether (sulfide) groups is 1. The van der Waals surface area contributed by atoms with Gasteiger partial charge in [-0.1, -0.05) is 17.8 Å². The fraction of sp³-hybridized carbons (Fsp3) is 0.438. The molecule has 1 aliphatic rings. The number of nitrogens with one attached hydrogen (secondary N) is 1. The van der Waals surface area contributed by atoms with Gasteiger partial charge in [0.2, 0.25) is 5.88 Å². The van der Waals surface area contributed by atoms with Gasteiger partial charge in [-0.25, -0.2) is 9.78 Å². The molecule has 0 bridgehead atoms. The topological polar surface area (TPSA) is 80.8 Å². The molecule has 0 radical (unpaired) electrons. The lowest BCUT2D eigenvalue weighted by atomic mass is 10.2. The van der Waals surface area contributed by atoms with Crippen molar-refractivity contribution >= 4 is 24.1 Å². The maximum atomic E-state index is 12.6. The number of carbonyl (C=O) groups is 2. The van der Waals surface area contributed by atoms with Crippen LogP contribution in [0.1, 0.15) is 26.5 Å². The summed E-state index contributed by atoms with van der Waals surface area (Å²) in [6, 6.07) is 5.34. The van der Waals surface area contributed by atoms with Crippen LogP contribution >= 0.6 is 11.8 Å². The molecule has 2 rings (SSSR count). The normalized spacial score (nSPS) is 16.8. The molecule has 0 saturated heterocycles. The van der Waals surface area contributed by atoms with Crippen LogP contribution in [0.3, 0.4) is 0 Å². The first kappa shape index (κ1) is 18.1. The molecule has 8 heteroatoms. The smallest absolute Gasteiger partial charge is 0.412 e. The van der Waals surface area contributed by atoms with Crippen LogP contribution in [0.25, 0.3) is 0 Å². The number of pyridine rings is 1. The molecular formula is C16H21N3O4S. The second-order valence-electron chi connectivity index (χ2n) is 6.08. The number of ether oxygens (including phenoxy) is 2. The van der Waals surface area contributed by atoms with E-state index in [-0.39, 0.29) is 6.54 Å². The third kappa shape index (κ3) is 4.89. The molecule has 1 aromatic heterocycles. The summed E-state index contributed by atoms with van der Waals surface area (Å²) in [5, 5.41) is 3.01. The van der Waals surface area contributed by atoms with E-state index < -0.39 is 17.2 Å². The van der Waals surface area contributed by atoms with E-state index >= 15 is 0 Å². The zero-order valence-corrected chi connectivity index (χ0v) is 14.9. The van der Waals surface area contributed by atoms with Crippen LogP contribution in [0.2, 0.25) is 0 Å². The number of hydrogen-bond acceptors (Lipinski definition) is 7. The number of nitrogens with zero attached hydrogens (tertiary/aromatic N) is 2. The van der Waals surface area contributed by atoms with Crippen molar-refractivity contribution in [3.8, 4) is 5.88 Å². The first-order valence-corrected chi connectivity index (χ1v) is 8.28. The number of aldehydes is 1. The fourth-order valence-electron chi connectivity index (χ4n) is 1.96. The highest BCUT2D eigenvalue weighted by Gasteiger charge is 2.32. The van der Waals surface area contributed by atoms with Crippen LogP contribution in [-0.4, -0.2) is 40.5 Å². The standard InChI is InChI=1S/C16H21N3O4S/c1-16(2,3)23-15(21)19(14-17-8-12(10-20)24-14)9-11-6-5-7-13(18-11)22-4/h5-8,10,14,17H,9H2,1-4H3. The van der Waals surface area contributed by atoms with Gasteiger partial charge in [0.05, 0.1) is 24.3 Å². The predicted octanol–water partition coefficient (Wildman–Crippen LogP) is 2.49. The van der Waals surface area contributed by atoms with Gasteiger partial charge >= 0.3 is 6.09 Å². The Hall–Kier alpha value is -2.22. The molecule has 0 saturated carbocycles. The predicted molar refractivity (Wildman–Crippen MR) is 91.2 cm³/mol. The number of methoxy groups -OCH3 is 1. The summed E-state index contributed by atoms with van der Waals surface area (Å²) in [5.41, 5.74) is -0.406. The summed E-state index contributed by atoms with van der Waals surface area (Å²) < 4.78 is 10.6. The third-order valence-electron chi connectivity index (χ3n) is 2.97. The van der Waals surface area contributed by atoms with Crippen LogP contribution < -0.4 is 10.1 Å². The number of carbonyl (C=O) groups excluding carboxylic acids is 2. The Kier molecular flexibility index (Phi) is 5.71. The molecule has 1 aliphatic heterocycles. The number of amides is 1. The van der Waals surface area contributed by atoms with Crippen molar-refractivity contribution < 1.29 is 19.1 Å². The van der Waals surface area contributed by atoms with Crippen molar-refractivity contribution in [1.29, 1.82) is 0 Å². The Morgan fingerprint density at radius 2 is 2.21 bits per heavy atom. The number of hydrogen-bond donors (Lipinski definition) is 1. The minimum atomic E-state index is -0.624. The van der Waals surface area contributed by atoms with E-state index in [0.29, 0.717) is 16.5 Å². The Bertz CT molecular complexity index is 642. The quantitative estimate of drug-likeness (QED) is 0.816. The van der Waals surface area contributed by atoms with Gasteiger partial charge in [0.15, 0.2) is 11.8 Å². The van der Waals surface area contributed by atoms with E-state index in [1.165, 1.54) is 23.8 Å². The van der Waals surface area contributed by atoms with Gasteiger partial charge in [-0.15, -0.1) is 0 Å². The van der Waals surface area contributed by atoms with Crippen LogP contribution in [0.4, 0.5) is 4.79 Å². The van der Waals surface area contributed by atoms with Crippen LogP contribution in [0.5, 0.6) is 5.88 Å². The van der Waals surface area contributed by atoms with Crippen molar-refractivity contribution in [2.24, 2.45) is 0 Å². The molecule has 1 aromatic rings. The van der Waals surface area contributed by atoms with E-state index in [4.69, 9.17) is 9.47 Å². The first-order valence-electron chi connectivity index (χ1n) is 7.40. The highest BCUT2D eigenvalue weighted by Crippen LogP contribution is 2.28. The van der Waals surface area contributed by atoms with Crippen LogP contribution in [0, 0.1) is 0 Å². The summed E-state index contributed by atoms with van der Waals surface area (Å²) >= 11 is 1.25. The summed E-state index contributed by atoms with van der Waals surface area (Å²) in [6.45, 7) is 5.63. The zero-order valence-electron chi connectivity index (χ0n) is 14.1. The second kappa shape index (κ2) is 7.57. The summed E-state index contributed by atoms with van der Waals surface area (Å²) in [5.74, 6) is 0.468. The molecule has 1 unspecified atom stereocenters. The first-order chi connectivity index (χ1) is 11.3. The monoisotopic (exact) mass is 351 g/mol. The molecule has 1 amide bonds. The molecule has 0 fully saturated rings. The number of aromatic nitrogens is 1. The largest absolute Gasteiger partial charge is 0.481 e. The van der Waals surface area contributed by atoms with Gasteiger partial charge < -0.3 is 14.8 Å². The van der Waals surface area contributed by atoms with Gasteiger partial charge in [0, 0.05) is 12.3 Å². The van der Waals surface area contributed by atoms with Crippen LogP contribution in [-0.2, 0) is 16.1 Å². The Labute approximate surface area is 145 Å². The van der Waals surface area contributed by atoms with Crippen molar-refractivity contribution in [2.45, 2.75) is 38.4 Å². The second-order valence-corrected chi connectivity index (χ2v) is 7.23. The lowest BCUT2D eigenvalue weighted by Crippen LogP contribution is -2.45. The van der Waals surface area contributed by atoms with E-state index in [9.17, 15) is 9.59 Å². The molecule has 7 nitrogen and oxygen atoms in total. The van der Waals surface area contributed by atoms with Gasteiger partial charge in [-0.3, -0.25) is 9.69 Å². The highest BCUT2D eigenvalue weighted by atomic mass is 32.2. The zero-order chi connectivity index (χ0) is 17.7. The Morgan fingerprint density at radius 1 is 1.46 bits per heavy atom. The molecular weight excluding hydrogens is 330 g/mol. The molecule has 0 spiro atoms. The van der Waals surface area contributed by atoms with Gasteiger partial charge in [0.25, 0.3) is 0 Å². The summed E-state index contributed by atoms with van der Waals surface area (Å²) in [4.78, 5) is 29.8. The van der Waals surface area contributed by atoms with Crippen LogP contribution in [0.15, 0.2) is 29.3 Å². The Balaban J connectivity index is 2.19. The third-order valence-corrected chi connectivity index (χ3v) is 4.07. The minimum absolute atomic E-state index is 0.219. The van der Waals surface area contributed by atoms with E-state index in [1.54, 1.807) is 45.2 Å². The molecule has 1 N–H and O–H groups in total. The SMILES string of the molecule is COc1cccc(CN(C(=O)OC(C)(C)C)C2NC=C(C=O)S2)n1.